The number of Topliss-reactive ketones (excluding diaryl/α,β-unsaturated/α-hetero) is 1. The number of aromatic nitrogens is 2. The zero-order chi connectivity index (χ0) is 11.0. The molecule has 0 saturated carbocycles. The zero-order valence-electron chi connectivity index (χ0n) is 8.34. The van der Waals surface area contributed by atoms with Gasteiger partial charge in [-0.1, -0.05) is 0 Å². The van der Waals surface area contributed by atoms with Crippen molar-refractivity contribution in [2.75, 3.05) is 0 Å². The molecule has 0 fully saturated rings. The predicted molar refractivity (Wildman–Crippen MR) is 51.5 cm³/mol. The molecule has 1 atom stereocenters. The quantitative estimate of drug-likeness (QED) is 0.542. The molecule has 0 spiro atoms. The summed E-state index contributed by atoms with van der Waals surface area (Å²) in [6, 6.07) is -0.269. The predicted octanol–water partition coefficient (Wildman–Crippen LogP) is 1.26. The fourth-order valence-corrected chi connectivity index (χ4v) is 2.04. The van der Waals surface area contributed by atoms with Gasteiger partial charge in [0.1, 0.15) is 5.69 Å². The normalized spacial score (nSPS) is 19.7. The van der Waals surface area contributed by atoms with Crippen LogP contribution in [0.3, 0.4) is 0 Å². The second-order valence-electron chi connectivity index (χ2n) is 3.70. The first-order valence-corrected chi connectivity index (χ1v) is 4.82. The van der Waals surface area contributed by atoms with Gasteiger partial charge in [0, 0.05) is 0 Å². The lowest BCUT2D eigenvalue weighted by molar-refractivity contribution is -0.390. The van der Waals surface area contributed by atoms with E-state index in [0.29, 0.717) is 12.1 Å². The Balaban J connectivity index is 2.46. The number of hydrogen-bond acceptors (Lipinski definition) is 4. The fourth-order valence-electron chi connectivity index (χ4n) is 2.04. The number of nitrogens with zero attached hydrogens (tertiary/aromatic N) is 3. The van der Waals surface area contributed by atoms with Gasteiger partial charge in [-0.05, 0) is 36.1 Å². The largest absolute Gasteiger partial charge is 0.384 e. The number of rotatable bonds is 2. The van der Waals surface area contributed by atoms with Crippen molar-refractivity contribution >= 4 is 11.6 Å². The minimum atomic E-state index is -0.492. The molecule has 15 heavy (non-hydrogen) atoms. The molecule has 1 aromatic rings. The highest BCUT2D eigenvalue weighted by Crippen LogP contribution is 2.30. The SMILES string of the molecule is CC(=O)C1CCCc2c([N+](=O)[O-])ncn21. The summed E-state index contributed by atoms with van der Waals surface area (Å²) >= 11 is 0. The number of carbonyl (C=O) groups excluding carboxylic acids is 1. The number of carbonyl (C=O) groups is 1. The van der Waals surface area contributed by atoms with Gasteiger partial charge < -0.3 is 10.1 Å². The molecule has 1 aliphatic heterocycles. The van der Waals surface area contributed by atoms with Crippen molar-refractivity contribution in [2.45, 2.75) is 32.2 Å². The molecule has 0 N–H and O–H groups in total. The molecule has 0 aromatic carbocycles. The molecule has 1 unspecified atom stereocenters. The van der Waals surface area contributed by atoms with Crippen LogP contribution in [0.1, 0.15) is 31.5 Å². The van der Waals surface area contributed by atoms with Gasteiger partial charge in [0.2, 0.25) is 6.33 Å². The Morgan fingerprint density at radius 1 is 1.73 bits per heavy atom. The summed E-state index contributed by atoms with van der Waals surface area (Å²) in [5.41, 5.74) is 0.575. The molecule has 2 rings (SSSR count). The van der Waals surface area contributed by atoms with E-state index in [1.54, 1.807) is 4.57 Å². The smallest absolute Gasteiger partial charge is 0.358 e. The van der Waals surface area contributed by atoms with E-state index in [1.807, 2.05) is 0 Å². The zero-order valence-corrected chi connectivity index (χ0v) is 8.34. The second-order valence-corrected chi connectivity index (χ2v) is 3.70. The standard InChI is InChI=1S/C9H11N3O3/c1-6(13)7-3-2-4-8-9(12(14)15)10-5-11(7)8/h5,7H,2-4H2,1H3. The van der Waals surface area contributed by atoms with Crippen LogP contribution in [0.25, 0.3) is 0 Å². The molecule has 6 heteroatoms. The molecule has 0 bridgehead atoms. The van der Waals surface area contributed by atoms with E-state index in [9.17, 15) is 14.9 Å². The van der Waals surface area contributed by atoms with Crippen molar-refractivity contribution in [1.82, 2.24) is 9.55 Å². The van der Waals surface area contributed by atoms with Crippen LogP contribution >= 0.6 is 0 Å². The molecule has 1 aliphatic rings. The maximum Gasteiger partial charge on any atom is 0.384 e. The van der Waals surface area contributed by atoms with Crippen LogP contribution in [-0.2, 0) is 11.2 Å². The van der Waals surface area contributed by atoms with E-state index in [1.165, 1.54) is 13.3 Å². The van der Waals surface area contributed by atoms with E-state index in [4.69, 9.17) is 0 Å². The van der Waals surface area contributed by atoms with Gasteiger partial charge in [0.05, 0.1) is 6.04 Å². The maximum absolute atomic E-state index is 11.3. The van der Waals surface area contributed by atoms with Gasteiger partial charge in [0.25, 0.3) is 0 Å². The first kappa shape index (κ1) is 9.82. The fraction of sp³-hybridized carbons (Fsp3) is 0.556. The summed E-state index contributed by atoms with van der Waals surface area (Å²) in [5.74, 6) is -0.0794. The molecule has 0 amide bonds. The highest BCUT2D eigenvalue weighted by Gasteiger charge is 2.30. The highest BCUT2D eigenvalue weighted by molar-refractivity contribution is 5.80. The van der Waals surface area contributed by atoms with Gasteiger partial charge in [-0.2, -0.15) is 0 Å². The van der Waals surface area contributed by atoms with E-state index in [-0.39, 0.29) is 17.6 Å². The van der Waals surface area contributed by atoms with E-state index < -0.39 is 4.92 Å². The van der Waals surface area contributed by atoms with Crippen LogP contribution in [0.15, 0.2) is 6.33 Å². The number of ketones is 1. The molecule has 80 valence electrons. The van der Waals surface area contributed by atoms with Gasteiger partial charge in [-0.15, -0.1) is 0 Å². The van der Waals surface area contributed by atoms with Crippen LogP contribution in [0.2, 0.25) is 0 Å². The van der Waals surface area contributed by atoms with Crippen molar-refractivity contribution in [3.8, 4) is 0 Å². The summed E-state index contributed by atoms with van der Waals surface area (Å²) < 4.78 is 1.64. The van der Waals surface area contributed by atoms with Crippen molar-refractivity contribution < 1.29 is 9.72 Å². The van der Waals surface area contributed by atoms with Crippen LogP contribution in [0.4, 0.5) is 5.82 Å². The first-order chi connectivity index (χ1) is 7.11. The molecule has 2 heterocycles. The Labute approximate surface area is 86.1 Å². The van der Waals surface area contributed by atoms with Crippen LogP contribution in [0, 0.1) is 10.1 Å². The van der Waals surface area contributed by atoms with Crippen molar-refractivity contribution in [3.63, 3.8) is 0 Å². The number of nitro groups is 1. The minimum Gasteiger partial charge on any atom is -0.358 e. The topological polar surface area (TPSA) is 78.0 Å². The Hall–Kier alpha value is -1.72. The lowest BCUT2D eigenvalue weighted by Gasteiger charge is -2.21. The summed E-state index contributed by atoms with van der Waals surface area (Å²) in [6.07, 6.45) is 3.57. The Morgan fingerprint density at radius 2 is 2.47 bits per heavy atom. The monoisotopic (exact) mass is 209 g/mol. The third-order valence-corrected chi connectivity index (χ3v) is 2.74. The number of imidazole rings is 1. The van der Waals surface area contributed by atoms with Gasteiger partial charge in [-0.25, -0.2) is 0 Å². The van der Waals surface area contributed by atoms with E-state index in [0.717, 1.165) is 12.8 Å². The molecule has 0 saturated heterocycles. The number of hydrogen-bond donors (Lipinski definition) is 0. The third kappa shape index (κ3) is 1.51. The lowest BCUT2D eigenvalue weighted by Crippen LogP contribution is -2.22. The van der Waals surface area contributed by atoms with E-state index >= 15 is 0 Å². The van der Waals surface area contributed by atoms with Crippen LogP contribution in [0.5, 0.6) is 0 Å². The van der Waals surface area contributed by atoms with Crippen LogP contribution in [-0.4, -0.2) is 20.3 Å². The molecule has 6 nitrogen and oxygen atoms in total. The average molecular weight is 209 g/mol. The van der Waals surface area contributed by atoms with Gasteiger partial charge in [0.15, 0.2) is 5.78 Å². The van der Waals surface area contributed by atoms with Crippen molar-refractivity contribution in [1.29, 1.82) is 0 Å². The Morgan fingerprint density at radius 3 is 3.07 bits per heavy atom. The maximum atomic E-state index is 11.3. The Bertz CT molecular complexity index is 424. The average Bonchev–Trinajstić information content (AvgIpc) is 2.59. The minimum absolute atomic E-state index is 0.0308. The third-order valence-electron chi connectivity index (χ3n) is 2.74. The molecular weight excluding hydrogens is 198 g/mol. The number of fused-ring (bicyclic) bond motifs is 1. The summed E-state index contributed by atoms with van der Waals surface area (Å²) in [5, 5.41) is 10.7. The lowest BCUT2D eigenvalue weighted by atomic mass is 10.00. The molecule has 1 aromatic heterocycles. The molecule has 0 aliphatic carbocycles. The highest BCUT2D eigenvalue weighted by atomic mass is 16.6. The second kappa shape index (κ2) is 3.45. The van der Waals surface area contributed by atoms with Gasteiger partial charge >= 0.3 is 5.82 Å². The van der Waals surface area contributed by atoms with Crippen molar-refractivity contribution in [2.24, 2.45) is 0 Å². The Kier molecular flexibility index (Phi) is 2.26. The summed E-state index contributed by atoms with van der Waals surface area (Å²) in [6.45, 7) is 1.51. The van der Waals surface area contributed by atoms with E-state index in [2.05, 4.69) is 4.98 Å². The first-order valence-electron chi connectivity index (χ1n) is 4.82. The van der Waals surface area contributed by atoms with Crippen LogP contribution < -0.4 is 0 Å². The summed E-state index contributed by atoms with van der Waals surface area (Å²) in [7, 11) is 0. The molecule has 0 radical (unpaired) electrons. The van der Waals surface area contributed by atoms with Gasteiger partial charge in [-0.3, -0.25) is 9.36 Å². The summed E-state index contributed by atoms with van der Waals surface area (Å²) in [4.78, 5) is 25.2. The molecular formula is C9H11N3O3. The van der Waals surface area contributed by atoms with Crippen molar-refractivity contribution in [3.05, 3.63) is 22.1 Å².